The van der Waals surface area contributed by atoms with Crippen LogP contribution in [-0.4, -0.2) is 41.4 Å². The van der Waals surface area contributed by atoms with Crippen LogP contribution in [0.1, 0.15) is 5.56 Å². The number of aryl methyl sites for hydroxylation is 1. The Hall–Kier alpha value is -3.71. The van der Waals surface area contributed by atoms with Crippen molar-refractivity contribution in [2.45, 2.75) is 6.92 Å². The Morgan fingerprint density at radius 3 is 2.23 bits per heavy atom. The number of aromatic nitrogens is 2. The number of anilines is 5. The van der Waals surface area contributed by atoms with Crippen LogP contribution in [0.2, 0.25) is 0 Å². The molecule has 2 aromatic carbocycles. The van der Waals surface area contributed by atoms with Crippen molar-refractivity contribution < 1.29 is 4.79 Å². The SMILES string of the molecule is Cc1cccc(Nc2cc(Nc3cccc(NC(=O)/C=C/CN(C)C)c3)ncn2)c1. The molecule has 3 rings (SSSR count). The highest BCUT2D eigenvalue weighted by Gasteiger charge is 2.03. The zero-order valence-corrected chi connectivity index (χ0v) is 17.4. The van der Waals surface area contributed by atoms with E-state index in [0.717, 1.165) is 11.4 Å². The molecule has 0 atom stereocenters. The quantitative estimate of drug-likeness (QED) is 0.487. The van der Waals surface area contributed by atoms with Crippen LogP contribution in [0.4, 0.5) is 28.7 Å². The smallest absolute Gasteiger partial charge is 0.248 e. The third kappa shape index (κ3) is 6.72. The molecule has 1 aromatic heterocycles. The van der Waals surface area contributed by atoms with E-state index in [4.69, 9.17) is 0 Å². The Morgan fingerprint density at radius 2 is 1.57 bits per heavy atom. The standard InChI is InChI=1S/C23H26N6O/c1-17-7-4-8-18(13-17)26-21-15-22(25-16-24-21)27-19-9-5-10-20(14-19)28-23(30)11-6-12-29(2)3/h4-11,13-16H,12H2,1-3H3,(H,28,30)(H2,24,25,26,27)/b11-6+. The molecule has 0 radical (unpaired) electrons. The number of carbonyl (C=O) groups is 1. The highest BCUT2D eigenvalue weighted by Crippen LogP contribution is 2.22. The molecular formula is C23H26N6O. The van der Waals surface area contributed by atoms with E-state index in [1.54, 1.807) is 0 Å². The third-order valence-electron chi connectivity index (χ3n) is 4.10. The van der Waals surface area contributed by atoms with E-state index in [2.05, 4.69) is 25.9 Å². The second-order valence-corrected chi connectivity index (χ2v) is 7.14. The fourth-order valence-electron chi connectivity index (χ4n) is 2.74. The number of nitrogens with zero attached hydrogens (tertiary/aromatic N) is 3. The van der Waals surface area contributed by atoms with Gasteiger partial charge < -0.3 is 20.9 Å². The lowest BCUT2D eigenvalue weighted by molar-refractivity contribution is -0.111. The molecule has 0 fully saturated rings. The largest absolute Gasteiger partial charge is 0.340 e. The fourth-order valence-corrected chi connectivity index (χ4v) is 2.74. The highest BCUT2D eigenvalue weighted by atomic mass is 16.1. The fraction of sp³-hybridized carbons (Fsp3) is 0.174. The van der Waals surface area contributed by atoms with E-state index in [1.807, 2.05) is 86.6 Å². The molecule has 0 spiro atoms. The van der Waals surface area contributed by atoms with Gasteiger partial charge in [-0.1, -0.05) is 24.3 Å². The van der Waals surface area contributed by atoms with Gasteiger partial charge in [-0.15, -0.1) is 0 Å². The summed E-state index contributed by atoms with van der Waals surface area (Å²) in [6, 6.07) is 17.4. The summed E-state index contributed by atoms with van der Waals surface area (Å²) in [6.07, 6.45) is 4.86. The van der Waals surface area contributed by atoms with E-state index in [0.29, 0.717) is 23.9 Å². The molecule has 1 heterocycles. The zero-order chi connectivity index (χ0) is 21.3. The van der Waals surface area contributed by atoms with Gasteiger partial charge in [0.15, 0.2) is 0 Å². The lowest BCUT2D eigenvalue weighted by Gasteiger charge is -2.10. The summed E-state index contributed by atoms with van der Waals surface area (Å²) in [5, 5.41) is 9.38. The molecule has 0 saturated carbocycles. The third-order valence-corrected chi connectivity index (χ3v) is 4.10. The van der Waals surface area contributed by atoms with Gasteiger partial charge in [0.1, 0.15) is 18.0 Å². The molecule has 3 N–H and O–H groups in total. The number of benzene rings is 2. The molecular weight excluding hydrogens is 376 g/mol. The number of hydrogen-bond donors (Lipinski definition) is 3. The minimum absolute atomic E-state index is 0.166. The second kappa shape index (κ2) is 10.2. The van der Waals surface area contributed by atoms with Gasteiger partial charge in [0.2, 0.25) is 5.91 Å². The van der Waals surface area contributed by atoms with Gasteiger partial charge >= 0.3 is 0 Å². The number of rotatable bonds is 8. The van der Waals surface area contributed by atoms with Crippen molar-refractivity contribution in [2.24, 2.45) is 0 Å². The predicted octanol–water partition coefficient (Wildman–Crippen LogP) is 4.33. The molecule has 1 amide bonds. The Balaban J connectivity index is 1.64. The van der Waals surface area contributed by atoms with E-state index in [9.17, 15) is 4.79 Å². The van der Waals surface area contributed by atoms with Crippen LogP contribution in [0.3, 0.4) is 0 Å². The van der Waals surface area contributed by atoms with Crippen LogP contribution in [0.25, 0.3) is 0 Å². The van der Waals surface area contributed by atoms with E-state index < -0.39 is 0 Å². The van der Waals surface area contributed by atoms with Crippen molar-refractivity contribution in [3.63, 3.8) is 0 Å². The number of nitrogens with one attached hydrogen (secondary N) is 3. The van der Waals surface area contributed by atoms with Crippen LogP contribution in [0.5, 0.6) is 0 Å². The molecule has 0 saturated heterocycles. The summed E-state index contributed by atoms with van der Waals surface area (Å²) in [7, 11) is 3.90. The van der Waals surface area contributed by atoms with Crippen molar-refractivity contribution >= 4 is 34.6 Å². The van der Waals surface area contributed by atoms with Gasteiger partial charge in [0.25, 0.3) is 0 Å². The predicted molar refractivity (Wildman–Crippen MR) is 123 cm³/mol. The summed E-state index contributed by atoms with van der Waals surface area (Å²) in [4.78, 5) is 22.6. The van der Waals surface area contributed by atoms with Gasteiger partial charge in [-0.2, -0.15) is 0 Å². The molecule has 7 heteroatoms. The van der Waals surface area contributed by atoms with Crippen molar-refractivity contribution in [1.82, 2.24) is 14.9 Å². The lowest BCUT2D eigenvalue weighted by Crippen LogP contribution is -2.12. The molecule has 0 aliphatic carbocycles. The summed E-state index contributed by atoms with van der Waals surface area (Å²) in [6.45, 7) is 2.75. The first-order valence-corrected chi connectivity index (χ1v) is 9.63. The summed E-state index contributed by atoms with van der Waals surface area (Å²) in [5.41, 5.74) is 3.64. The van der Waals surface area contributed by atoms with E-state index >= 15 is 0 Å². The van der Waals surface area contributed by atoms with Gasteiger partial charge in [0, 0.05) is 35.7 Å². The maximum Gasteiger partial charge on any atom is 0.248 e. The average molecular weight is 403 g/mol. The summed E-state index contributed by atoms with van der Waals surface area (Å²) in [5.74, 6) is 1.17. The van der Waals surface area contributed by atoms with Gasteiger partial charge in [-0.05, 0) is 56.9 Å². The Labute approximate surface area is 176 Å². The van der Waals surface area contributed by atoms with Gasteiger partial charge in [0.05, 0.1) is 0 Å². The molecule has 154 valence electrons. The van der Waals surface area contributed by atoms with Crippen LogP contribution in [-0.2, 0) is 4.79 Å². The highest BCUT2D eigenvalue weighted by molar-refractivity contribution is 5.99. The first kappa shape index (κ1) is 21.0. The minimum atomic E-state index is -0.166. The molecule has 0 aliphatic heterocycles. The Bertz CT molecular complexity index is 1030. The van der Waals surface area contributed by atoms with E-state index in [-0.39, 0.29) is 5.91 Å². The van der Waals surface area contributed by atoms with Crippen LogP contribution in [0.15, 0.2) is 73.1 Å². The molecule has 7 nitrogen and oxygen atoms in total. The molecule has 30 heavy (non-hydrogen) atoms. The van der Waals surface area contributed by atoms with Crippen LogP contribution in [0, 0.1) is 6.92 Å². The lowest BCUT2D eigenvalue weighted by atomic mass is 10.2. The van der Waals surface area contributed by atoms with Crippen molar-refractivity contribution in [1.29, 1.82) is 0 Å². The number of amides is 1. The van der Waals surface area contributed by atoms with Crippen molar-refractivity contribution in [3.05, 3.63) is 78.6 Å². The molecule has 0 bridgehead atoms. The van der Waals surface area contributed by atoms with Crippen molar-refractivity contribution in [3.8, 4) is 0 Å². The second-order valence-electron chi connectivity index (χ2n) is 7.14. The summed E-state index contributed by atoms with van der Waals surface area (Å²) >= 11 is 0. The van der Waals surface area contributed by atoms with E-state index in [1.165, 1.54) is 18.0 Å². The number of likely N-dealkylation sites (N-methyl/N-ethyl adjacent to an activating group) is 1. The number of hydrogen-bond acceptors (Lipinski definition) is 6. The molecule has 3 aromatic rings. The number of carbonyl (C=O) groups excluding carboxylic acids is 1. The zero-order valence-electron chi connectivity index (χ0n) is 17.4. The van der Waals surface area contributed by atoms with Gasteiger partial charge in [-0.3, -0.25) is 4.79 Å². The normalized spacial score (nSPS) is 10.9. The first-order valence-electron chi connectivity index (χ1n) is 9.63. The minimum Gasteiger partial charge on any atom is -0.340 e. The first-order chi connectivity index (χ1) is 14.5. The van der Waals surface area contributed by atoms with Crippen LogP contribution >= 0.6 is 0 Å². The summed E-state index contributed by atoms with van der Waals surface area (Å²) < 4.78 is 0. The maximum atomic E-state index is 12.0. The van der Waals surface area contributed by atoms with Gasteiger partial charge in [-0.25, -0.2) is 9.97 Å². The maximum absolute atomic E-state index is 12.0. The Kier molecular flexibility index (Phi) is 7.13. The van der Waals surface area contributed by atoms with Crippen molar-refractivity contribution in [2.75, 3.05) is 36.6 Å². The van der Waals surface area contributed by atoms with Crippen LogP contribution < -0.4 is 16.0 Å². The molecule has 0 unspecified atom stereocenters. The Morgan fingerprint density at radius 1 is 0.933 bits per heavy atom. The topological polar surface area (TPSA) is 82.2 Å². The molecule has 0 aliphatic rings. The average Bonchev–Trinajstić information content (AvgIpc) is 2.68. The monoisotopic (exact) mass is 402 g/mol.